The summed E-state index contributed by atoms with van der Waals surface area (Å²) >= 11 is 12.0. The highest BCUT2D eigenvalue weighted by Gasteiger charge is 2.46. The van der Waals surface area contributed by atoms with Crippen LogP contribution in [0.3, 0.4) is 0 Å². The van der Waals surface area contributed by atoms with Gasteiger partial charge in [0.05, 0.1) is 11.9 Å². The zero-order valence-electron chi connectivity index (χ0n) is 19.5. The van der Waals surface area contributed by atoms with E-state index in [1.807, 2.05) is 12.1 Å². The first-order valence-electron chi connectivity index (χ1n) is 11.9. The third kappa shape index (κ3) is 4.63. The number of hydrogen-bond acceptors (Lipinski definition) is 4. The highest BCUT2D eigenvalue weighted by molar-refractivity contribution is 6.35. The Bertz CT molecular complexity index is 1490. The van der Waals surface area contributed by atoms with E-state index < -0.39 is 17.7 Å². The van der Waals surface area contributed by atoms with Crippen molar-refractivity contribution in [3.05, 3.63) is 87.7 Å². The van der Waals surface area contributed by atoms with Crippen LogP contribution >= 0.6 is 23.2 Å². The fourth-order valence-corrected chi connectivity index (χ4v) is 6.19. The van der Waals surface area contributed by atoms with Gasteiger partial charge in [-0.05, 0) is 73.5 Å². The third-order valence-corrected chi connectivity index (χ3v) is 7.57. The molecule has 0 spiro atoms. The van der Waals surface area contributed by atoms with Crippen molar-refractivity contribution in [2.45, 2.75) is 30.7 Å². The number of nitrogens with one attached hydrogen (secondary N) is 2. The van der Waals surface area contributed by atoms with Crippen LogP contribution < -0.4 is 10.6 Å². The predicted octanol–water partition coefficient (Wildman–Crippen LogP) is 6.30. The molecule has 2 aliphatic heterocycles. The second-order valence-electron chi connectivity index (χ2n) is 9.41. The van der Waals surface area contributed by atoms with Crippen molar-refractivity contribution < 1.29 is 13.6 Å². The Kier molecular flexibility index (Phi) is 6.22. The minimum absolute atomic E-state index is 0.138. The Labute approximate surface area is 221 Å². The largest absolute Gasteiger partial charge is 0.324 e. The SMILES string of the molecule is O=C(Nc1cc(Cl)cc(Cl)c1)Nc1cnc2ccc([C@@H]3C(c4cc(F)ccc4F)CN4CCCC34)nn12. The highest BCUT2D eigenvalue weighted by Crippen LogP contribution is 2.48. The van der Waals surface area contributed by atoms with Gasteiger partial charge in [-0.1, -0.05) is 23.2 Å². The number of benzene rings is 2. The molecule has 11 heteroatoms. The summed E-state index contributed by atoms with van der Waals surface area (Å²) in [5.41, 5.74) is 2.08. The van der Waals surface area contributed by atoms with Crippen molar-refractivity contribution in [3.63, 3.8) is 0 Å². The number of halogens is 4. The van der Waals surface area contributed by atoms with Gasteiger partial charge in [0.1, 0.15) is 11.6 Å². The molecule has 2 N–H and O–H groups in total. The third-order valence-electron chi connectivity index (χ3n) is 7.14. The summed E-state index contributed by atoms with van der Waals surface area (Å²) in [7, 11) is 0. The van der Waals surface area contributed by atoms with Crippen molar-refractivity contribution in [2.75, 3.05) is 23.7 Å². The normalized spacial score (nSPS) is 21.4. The number of urea groups is 1. The van der Waals surface area contributed by atoms with Crippen LogP contribution in [-0.2, 0) is 0 Å². The van der Waals surface area contributed by atoms with Crippen molar-refractivity contribution in [1.82, 2.24) is 19.5 Å². The number of carbonyl (C=O) groups is 1. The zero-order valence-corrected chi connectivity index (χ0v) is 21.0. The zero-order chi connectivity index (χ0) is 25.7. The van der Waals surface area contributed by atoms with E-state index in [0.29, 0.717) is 39.3 Å². The summed E-state index contributed by atoms with van der Waals surface area (Å²) in [6.07, 6.45) is 3.52. The second-order valence-corrected chi connectivity index (χ2v) is 10.3. The summed E-state index contributed by atoms with van der Waals surface area (Å²) in [6.45, 7) is 1.55. The van der Waals surface area contributed by atoms with Gasteiger partial charge in [-0.15, -0.1) is 0 Å². The van der Waals surface area contributed by atoms with Crippen LogP contribution in [0.15, 0.2) is 54.7 Å². The van der Waals surface area contributed by atoms with Crippen LogP contribution in [0.5, 0.6) is 0 Å². The minimum Gasteiger partial charge on any atom is -0.308 e. The van der Waals surface area contributed by atoms with E-state index in [-0.39, 0.29) is 17.9 Å². The number of anilines is 2. The second kappa shape index (κ2) is 9.55. The predicted molar refractivity (Wildman–Crippen MR) is 139 cm³/mol. The van der Waals surface area contributed by atoms with Gasteiger partial charge in [0.25, 0.3) is 0 Å². The van der Waals surface area contributed by atoms with Gasteiger partial charge >= 0.3 is 6.03 Å². The molecule has 2 unspecified atom stereocenters. The van der Waals surface area contributed by atoms with E-state index in [9.17, 15) is 13.6 Å². The van der Waals surface area contributed by atoms with E-state index >= 15 is 0 Å². The molecule has 0 radical (unpaired) electrons. The first-order valence-corrected chi connectivity index (χ1v) is 12.7. The van der Waals surface area contributed by atoms with E-state index in [1.54, 1.807) is 22.7 Å². The summed E-state index contributed by atoms with van der Waals surface area (Å²) < 4.78 is 30.5. The molecular formula is C26H22Cl2F2N6O. The van der Waals surface area contributed by atoms with Crippen LogP contribution in [0.2, 0.25) is 10.0 Å². The Morgan fingerprint density at radius 3 is 2.65 bits per heavy atom. The summed E-state index contributed by atoms with van der Waals surface area (Å²) in [6, 6.07) is 11.7. The molecule has 2 aromatic carbocycles. The van der Waals surface area contributed by atoms with Crippen LogP contribution in [0.4, 0.5) is 25.1 Å². The number of amides is 2. The van der Waals surface area contributed by atoms with E-state index in [1.165, 1.54) is 18.3 Å². The lowest BCUT2D eigenvalue weighted by molar-refractivity contribution is 0.262. The van der Waals surface area contributed by atoms with Crippen molar-refractivity contribution in [1.29, 1.82) is 0 Å². The Hall–Kier alpha value is -3.27. The van der Waals surface area contributed by atoms with Crippen molar-refractivity contribution >= 4 is 46.4 Å². The lowest BCUT2D eigenvalue weighted by Gasteiger charge is -2.23. The monoisotopic (exact) mass is 542 g/mol. The summed E-state index contributed by atoms with van der Waals surface area (Å²) in [5.74, 6) is -0.903. The van der Waals surface area contributed by atoms with Crippen LogP contribution in [0.1, 0.15) is 35.9 Å². The molecule has 4 aromatic rings. The number of nitrogens with zero attached hydrogens (tertiary/aromatic N) is 4. The first kappa shape index (κ1) is 24.1. The minimum atomic E-state index is -0.519. The smallest absolute Gasteiger partial charge is 0.308 e. The van der Waals surface area contributed by atoms with Gasteiger partial charge in [0, 0.05) is 40.2 Å². The molecule has 2 aromatic heterocycles. The standard InChI is InChI=1S/C26H22Cl2F2N6O/c27-14-8-15(28)10-17(9-14)32-26(37)33-24-12-31-23-6-5-21(34-36(23)24)25-19(13-35-7-1-2-22(25)35)18-11-16(29)3-4-20(18)30/h3-6,8-12,19,22,25H,1-2,7,13H2,(H2,32,33,37)/t19?,22?,25-/m0/s1. The Balaban J connectivity index is 1.32. The molecule has 2 saturated heterocycles. The number of aromatic nitrogens is 3. The van der Waals surface area contributed by atoms with E-state index in [4.69, 9.17) is 28.3 Å². The van der Waals surface area contributed by atoms with Crippen LogP contribution in [0.25, 0.3) is 5.65 Å². The first-order chi connectivity index (χ1) is 17.9. The van der Waals surface area contributed by atoms with E-state index in [2.05, 4.69) is 20.5 Å². The topological polar surface area (TPSA) is 74.6 Å². The molecule has 37 heavy (non-hydrogen) atoms. The Morgan fingerprint density at radius 1 is 1.03 bits per heavy atom. The molecular weight excluding hydrogens is 521 g/mol. The van der Waals surface area contributed by atoms with E-state index in [0.717, 1.165) is 31.1 Å². The summed E-state index contributed by atoms with van der Waals surface area (Å²) in [5, 5.41) is 11.1. The average Bonchev–Trinajstić information content (AvgIpc) is 3.54. The lowest BCUT2D eigenvalue weighted by Crippen LogP contribution is -2.26. The number of carbonyl (C=O) groups excluding carboxylic acids is 1. The fourth-order valence-electron chi connectivity index (χ4n) is 5.67. The molecule has 2 fully saturated rings. The average molecular weight is 543 g/mol. The van der Waals surface area contributed by atoms with Crippen molar-refractivity contribution in [2.24, 2.45) is 0 Å². The molecule has 0 bridgehead atoms. The lowest BCUT2D eigenvalue weighted by atomic mass is 9.81. The van der Waals surface area contributed by atoms with Crippen LogP contribution in [-0.4, -0.2) is 44.7 Å². The van der Waals surface area contributed by atoms with Gasteiger partial charge in [0.15, 0.2) is 11.5 Å². The van der Waals surface area contributed by atoms with Gasteiger partial charge in [-0.2, -0.15) is 9.61 Å². The van der Waals surface area contributed by atoms with Gasteiger partial charge in [0.2, 0.25) is 0 Å². The molecule has 190 valence electrons. The van der Waals surface area contributed by atoms with Gasteiger partial charge in [-0.25, -0.2) is 18.6 Å². The maximum absolute atomic E-state index is 14.8. The number of hydrogen-bond donors (Lipinski definition) is 2. The molecule has 2 aliphatic rings. The van der Waals surface area contributed by atoms with Crippen LogP contribution in [0, 0.1) is 11.6 Å². The number of rotatable bonds is 4. The quantitative estimate of drug-likeness (QED) is 0.317. The molecule has 3 atom stereocenters. The molecule has 7 nitrogen and oxygen atoms in total. The molecule has 4 heterocycles. The van der Waals surface area contributed by atoms with Gasteiger partial charge < -0.3 is 5.32 Å². The molecule has 0 aliphatic carbocycles. The maximum Gasteiger partial charge on any atom is 0.324 e. The fraction of sp³-hybridized carbons (Fsp3) is 0.269. The Morgan fingerprint density at radius 2 is 1.84 bits per heavy atom. The molecule has 2 amide bonds. The summed E-state index contributed by atoms with van der Waals surface area (Å²) in [4.78, 5) is 19.4. The van der Waals surface area contributed by atoms with Gasteiger partial charge in [-0.3, -0.25) is 10.2 Å². The maximum atomic E-state index is 14.8. The highest BCUT2D eigenvalue weighted by atomic mass is 35.5. The number of fused-ring (bicyclic) bond motifs is 2. The number of imidazole rings is 1. The van der Waals surface area contributed by atoms with Crippen molar-refractivity contribution in [3.8, 4) is 0 Å². The molecule has 0 saturated carbocycles. The molecule has 6 rings (SSSR count).